The molecule has 1 amide bonds. The summed E-state index contributed by atoms with van der Waals surface area (Å²) in [6, 6.07) is 8.27. The Kier molecular flexibility index (Phi) is 4.77. The van der Waals surface area contributed by atoms with E-state index in [9.17, 15) is 4.79 Å². The molecule has 2 fully saturated rings. The van der Waals surface area contributed by atoms with Gasteiger partial charge in [0.15, 0.2) is 0 Å². The number of hydrogen-bond acceptors (Lipinski definition) is 4. The van der Waals surface area contributed by atoms with Crippen LogP contribution in [0.3, 0.4) is 0 Å². The molecule has 0 spiro atoms. The Morgan fingerprint density at radius 1 is 1.14 bits per heavy atom. The summed E-state index contributed by atoms with van der Waals surface area (Å²) in [6.07, 6.45) is -0.0786. The van der Waals surface area contributed by atoms with Gasteiger partial charge in [0.25, 0.3) is 0 Å². The van der Waals surface area contributed by atoms with Gasteiger partial charge in [0.05, 0.1) is 19.3 Å². The molecule has 2 heterocycles. The lowest BCUT2D eigenvalue weighted by Crippen LogP contribution is -2.42. The van der Waals surface area contributed by atoms with Gasteiger partial charge in [-0.05, 0) is 17.7 Å². The maximum absolute atomic E-state index is 11.4. The molecule has 114 valence electrons. The molecule has 2 aliphatic rings. The molecule has 0 bridgehead atoms. The van der Waals surface area contributed by atoms with E-state index in [1.807, 2.05) is 12.1 Å². The molecule has 0 N–H and O–H groups in total. The van der Waals surface area contributed by atoms with Gasteiger partial charge < -0.3 is 14.4 Å². The van der Waals surface area contributed by atoms with Gasteiger partial charge in [-0.1, -0.05) is 28.1 Å². The number of carbonyl (C=O) groups is 1. The molecule has 5 nitrogen and oxygen atoms in total. The normalized spacial score (nSPS) is 23.4. The zero-order chi connectivity index (χ0) is 14.7. The van der Waals surface area contributed by atoms with E-state index < -0.39 is 0 Å². The van der Waals surface area contributed by atoms with Gasteiger partial charge in [0.2, 0.25) is 0 Å². The van der Waals surface area contributed by atoms with Gasteiger partial charge in [0, 0.05) is 30.7 Å². The first-order valence-corrected chi connectivity index (χ1v) is 8.03. The zero-order valence-corrected chi connectivity index (χ0v) is 13.4. The molecule has 1 atom stereocenters. The van der Waals surface area contributed by atoms with Crippen LogP contribution in [0.1, 0.15) is 11.7 Å². The Balaban J connectivity index is 1.53. The summed E-state index contributed by atoms with van der Waals surface area (Å²) in [5, 5.41) is 0. The van der Waals surface area contributed by atoms with Crippen molar-refractivity contribution in [2.24, 2.45) is 0 Å². The Labute approximate surface area is 132 Å². The number of carbonyl (C=O) groups excluding carboxylic acids is 1. The van der Waals surface area contributed by atoms with Gasteiger partial charge >= 0.3 is 6.09 Å². The zero-order valence-electron chi connectivity index (χ0n) is 11.8. The second-order valence-corrected chi connectivity index (χ2v) is 6.23. The first-order chi connectivity index (χ1) is 10.2. The highest BCUT2D eigenvalue weighted by Gasteiger charge is 2.25. The fourth-order valence-corrected chi connectivity index (χ4v) is 2.94. The van der Waals surface area contributed by atoms with Crippen LogP contribution in [0.5, 0.6) is 0 Å². The summed E-state index contributed by atoms with van der Waals surface area (Å²) in [4.78, 5) is 15.5. The van der Waals surface area contributed by atoms with Crippen LogP contribution < -0.4 is 0 Å². The molecule has 0 unspecified atom stereocenters. The van der Waals surface area contributed by atoms with E-state index in [0.29, 0.717) is 13.2 Å². The fraction of sp³-hybridized carbons (Fsp3) is 0.533. The number of cyclic esters (lactones) is 1. The van der Waals surface area contributed by atoms with Crippen LogP contribution in [-0.4, -0.2) is 61.8 Å². The molecule has 0 radical (unpaired) electrons. The standard InChI is InChI=1S/C15H19BrN2O3/c16-13-3-1-12(2-4-13)14-11-17(7-9-20-14)5-6-18-8-10-21-15(18)19/h1-4,14H,5-11H2/t14-/m0/s1. The summed E-state index contributed by atoms with van der Waals surface area (Å²) >= 11 is 3.45. The Morgan fingerprint density at radius 3 is 2.67 bits per heavy atom. The maximum atomic E-state index is 11.4. The largest absolute Gasteiger partial charge is 0.448 e. The first-order valence-electron chi connectivity index (χ1n) is 7.23. The van der Waals surface area contributed by atoms with E-state index >= 15 is 0 Å². The molecule has 3 rings (SSSR count). The van der Waals surface area contributed by atoms with Crippen molar-refractivity contribution in [1.82, 2.24) is 9.80 Å². The molecule has 21 heavy (non-hydrogen) atoms. The van der Waals surface area contributed by atoms with E-state index in [0.717, 1.165) is 37.3 Å². The van der Waals surface area contributed by atoms with E-state index in [1.165, 1.54) is 5.56 Å². The van der Waals surface area contributed by atoms with Crippen molar-refractivity contribution in [3.8, 4) is 0 Å². The van der Waals surface area contributed by atoms with Gasteiger partial charge in [0.1, 0.15) is 6.61 Å². The van der Waals surface area contributed by atoms with Crippen molar-refractivity contribution in [3.63, 3.8) is 0 Å². The molecule has 2 saturated heterocycles. The number of rotatable bonds is 4. The molecule has 1 aromatic rings. The number of nitrogens with zero attached hydrogens (tertiary/aromatic N) is 2. The third kappa shape index (κ3) is 3.75. The monoisotopic (exact) mass is 354 g/mol. The molecular formula is C15H19BrN2O3. The second kappa shape index (κ2) is 6.77. The highest BCUT2D eigenvalue weighted by atomic mass is 79.9. The summed E-state index contributed by atoms with van der Waals surface area (Å²) < 4.78 is 11.9. The van der Waals surface area contributed by atoms with Crippen molar-refractivity contribution < 1.29 is 14.3 Å². The maximum Gasteiger partial charge on any atom is 0.409 e. The number of benzene rings is 1. The summed E-state index contributed by atoms with van der Waals surface area (Å²) in [5.74, 6) is 0. The molecular weight excluding hydrogens is 336 g/mol. The van der Waals surface area contributed by atoms with E-state index in [4.69, 9.17) is 9.47 Å². The minimum absolute atomic E-state index is 0.109. The number of ether oxygens (including phenoxy) is 2. The van der Waals surface area contributed by atoms with Gasteiger partial charge in [-0.2, -0.15) is 0 Å². The predicted octanol–water partition coefficient (Wildman–Crippen LogP) is 2.27. The van der Waals surface area contributed by atoms with Crippen LogP contribution >= 0.6 is 15.9 Å². The Bertz CT molecular complexity index is 494. The second-order valence-electron chi connectivity index (χ2n) is 5.31. The number of morpholine rings is 1. The Hall–Kier alpha value is -1.11. The molecule has 1 aromatic carbocycles. The molecule has 2 aliphatic heterocycles. The average molecular weight is 355 g/mol. The molecule has 6 heteroatoms. The van der Waals surface area contributed by atoms with E-state index in [1.54, 1.807) is 4.90 Å². The predicted molar refractivity (Wildman–Crippen MR) is 82.2 cm³/mol. The molecule has 0 aliphatic carbocycles. The van der Waals surface area contributed by atoms with Crippen LogP contribution in [-0.2, 0) is 9.47 Å². The van der Waals surface area contributed by atoms with Crippen molar-refractivity contribution in [2.45, 2.75) is 6.10 Å². The smallest absolute Gasteiger partial charge is 0.409 e. The van der Waals surface area contributed by atoms with Crippen LogP contribution in [0.2, 0.25) is 0 Å². The van der Waals surface area contributed by atoms with Crippen LogP contribution in [0.25, 0.3) is 0 Å². The first kappa shape index (κ1) is 14.8. The van der Waals surface area contributed by atoms with Crippen molar-refractivity contribution in [2.75, 3.05) is 45.9 Å². The highest BCUT2D eigenvalue weighted by molar-refractivity contribution is 9.10. The quantitative estimate of drug-likeness (QED) is 0.831. The summed E-state index contributed by atoms with van der Waals surface area (Å²) in [7, 11) is 0. The van der Waals surface area contributed by atoms with Crippen LogP contribution in [0.4, 0.5) is 4.79 Å². The SMILES string of the molecule is O=C1OCCN1CCN1CCO[C@H](c2ccc(Br)cc2)C1. The molecule has 0 aromatic heterocycles. The van der Waals surface area contributed by atoms with Crippen molar-refractivity contribution in [3.05, 3.63) is 34.3 Å². The number of hydrogen-bond donors (Lipinski definition) is 0. The summed E-state index contributed by atoms with van der Waals surface area (Å²) in [6.45, 7) is 5.33. The van der Waals surface area contributed by atoms with Crippen LogP contribution in [0, 0.1) is 0 Å². The Morgan fingerprint density at radius 2 is 1.95 bits per heavy atom. The average Bonchev–Trinajstić information content (AvgIpc) is 2.91. The third-order valence-corrected chi connectivity index (χ3v) is 4.45. The summed E-state index contributed by atoms with van der Waals surface area (Å²) in [5.41, 5.74) is 1.20. The lowest BCUT2D eigenvalue weighted by Gasteiger charge is -2.33. The van der Waals surface area contributed by atoms with Crippen molar-refractivity contribution >= 4 is 22.0 Å². The minimum atomic E-state index is -0.187. The highest BCUT2D eigenvalue weighted by Crippen LogP contribution is 2.23. The topological polar surface area (TPSA) is 42.0 Å². The number of halogens is 1. The van der Waals surface area contributed by atoms with Gasteiger partial charge in [-0.3, -0.25) is 4.90 Å². The third-order valence-electron chi connectivity index (χ3n) is 3.92. The van der Waals surface area contributed by atoms with Crippen LogP contribution in [0.15, 0.2) is 28.7 Å². The van der Waals surface area contributed by atoms with E-state index in [-0.39, 0.29) is 12.2 Å². The van der Waals surface area contributed by atoms with E-state index in [2.05, 4.69) is 33.0 Å². The molecule has 0 saturated carbocycles. The van der Waals surface area contributed by atoms with Gasteiger partial charge in [-0.25, -0.2) is 4.79 Å². The lowest BCUT2D eigenvalue weighted by molar-refractivity contribution is -0.0310. The minimum Gasteiger partial charge on any atom is -0.448 e. The van der Waals surface area contributed by atoms with Crippen molar-refractivity contribution in [1.29, 1.82) is 0 Å². The lowest BCUT2D eigenvalue weighted by atomic mass is 10.1. The number of amides is 1. The van der Waals surface area contributed by atoms with Gasteiger partial charge in [-0.15, -0.1) is 0 Å². The fourth-order valence-electron chi connectivity index (χ4n) is 2.68.